The topological polar surface area (TPSA) is 75.1 Å². The van der Waals surface area contributed by atoms with Crippen LogP contribution in [0.5, 0.6) is 0 Å². The number of carbonyl (C=O) groups excluding carboxylic acids is 1. The number of rotatable bonds is 6. The lowest BCUT2D eigenvalue weighted by Gasteiger charge is -2.11. The van der Waals surface area contributed by atoms with Crippen molar-refractivity contribution in [1.29, 1.82) is 0 Å². The van der Waals surface area contributed by atoms with Crippen LogP contribution in [0.25, 0.3) is 10.4 Å². The van der Waals surface area contributed by atoms with E-state index < -0.39 is 29.5 Å². The molecule has 108 valence electrons. The molecule has 1 atom stereocenters. The average Bonchev–Trinajstić information content (AvgIpc) is 2.36. The standard InChI is InChI=1S/C12H12F3N3O2/c1-2-20-12(19)5-8(17-18-16)3-7-4-10(14)11(15)6-9(7)13/h4,6,8H,2-3,5H2,1H3. The van der Waals surface area contributed by atoms with Gasteiger partial charge in [-0.15, -0.1) is 0 Å². The van der Waals surface area contributed by atoms with Gasteiger partial charge in [0.1, 0.15) is 5.82 Å². The Morgan fingerprint density at radius 1 is 1.35 bits per heavy atom. The molecule has 0 spiro atoms. The molecule has 0 radical (unpaired) electrons. The summed E-state index contributed by atoms with van der Waals surface area (Å²) in [6.07, 6.45) is -0.498. The summed E-state index contributed by atoms with van der Waals surface area (Å²) in [5.74, 6) is -4.10. The lowest BCUT2D eigenvalue weighted by atomic mass is 10.0. The lowest BCUT2D eigenvalue weighted by molar-refractivity contribution is -0.143. The van der Waals surface area contributed by atoms with E-state index in [-0.39, 0.29) is 25.0 Å². The molecule has 0 N–H and O–H groups in total. The number of halogens is 3. The average molecular weight is 287 g/mol. The third kappa shape index (κ3) is 4.47. The van der Waals surface area contributed by atoms with Gasteiger partial charge in [-0.25, -0.2) is 13.2 Å². The molecular weight excluding hydrogens is 275 g/mol. The van der Waals surface area contributed by atoms with E-state index in [0.717, 1.165) is 0 Å². The number of hydrogen-bond acceptors (Lipinski definition) is 3. The van der Waals surface area contributed by atoms with E-state index in [1.54, 1.807) is 6.92 Å². The smallest absolute Gasteiger partial charge is 0.306 e. The maximum atomic E-state index is 13.5. The van der Waals surface area contributed by atoms with Crippen LogP contribution in [0.2, 0.25) is 0 Å². The van der Waals surface area contributed by atoms with Gasteiger partial charge in [0.25, 0.3) is 0 Å². The summed E-state index contributed by atoms with van der Waals surface area (Å²) in [7, 11) is 0. The second-order valence-corrected chi connectivity index (χ2v) is 3.93. The fourth-order valence-electron chi connectivity index (χ4n) is 1.61. The van der Waals surface area contributed by atoms with Gasteiger partial charge in [-0.3, -0.25) is 4.79 Å². The van der Waals surface area contributed by atoms with Crippen LogP contribution in [0.15, 0.2) is 17.2 Å². The molecule has 20 heavy (non-hydrogen) atoms. The second-order valence-electron chi connectivity index (χ2n) is 3.93. The first-order chi connectivity index (χ1) is 9.47. The normalized spacial score (nSPS) is 11.6. The third-order valence-corrected chi connectivity index (χ3v) is 2.47. The van der Waals surface area contributed by atoms with Crippen LogP contribution in [-0.2, 0) is 16.0 Å². The van der Waals surface area contributed by atoms with Crippen molar-refractivity contribution >= 4 is 5.97 Å². The first-order valence-corrected chi connectivity index (χ1v) is 5.81. The van der Waals surface area contributed by atoms with Crippen LogP contribution >= 0.6 is 0 Å². The highest BCUT2D eigenvalue weighted by Crippen LogP contribution is 2.18. The molecule has 1 unspecified atom stereocenters. The molecule has 0 bridgehead atoms. The zero-order valence-electron chi connectivity index (χ0n) is 10.6. The summed E-state index contributed by atoms with van der Waals surface area (Å²) in [6, 6.07) is 0.149. The third-order valence-electron chi connectivity index (χ3n) is 2.47. The molecule has 0 heterocycles. The number of azide groups is 1. The second kappa shape index (κ2) is 7.40. The zero-order chi connectivity index (χ0) is 15.1. The van der Waals surface area contributed by atoms with E-state index in [9.17, 15) is 18.0 Å². The van der Waals surface area contributed by atoms with Crippen molar-refractivity contribution in [2.75, 3.05) is 6.61 Å². The van der Waals surface area contributed by atoms with Gasteiger partial charge in [0.05, 0.1) is 19.1 Å². The molecule has 0 saturated heterocycles. The van der Waals surface area contributed by atoms with Gasteiger partial charge < -0.3 is 4.74 Å². The molecule has 0 aromatic heterocycles. The van der Waals surface area contributed by atoms with Crippen molar-refractivity contribution in [1.82, 2.24) is 0 Å². The van der Waals surface area contributed by atoms with Crippen molar-refractivity contribution in [2.24, 2.45) is 5.11 Å². The number of ether oxygens (including phenoxy) is 1. The maximum Gasteiger partial charge on any atom is 0.306 e. The van der Waals surface area contributed by atoms with E-state index in [1.165, 1.54) is 0 Å². The van der Waals surface area contributed by atoms with Gasteiger partial charge in [-0.1, -0.05) is 5.11 Å². The van der Waals surface area contributed by atoms with Crippen LogP contribution in [-0.4, -0.2) is 18.6 Å². The molecule has 0 amide bonds. The van der Waals surface area contributed by atoms with Crippen molar-refractivity contribution in [3.05, 3.63) is 45.6 Å². The maximum absolute atomic E-state index is 13.5. The summed E-state index contributed by atoms with van der Waals surface area (Å²) >= 11 is 0. The van der Waals surface area contributed by atoms with E-state index in [2.05, 4.69) is 14.8 Å². The summed E-state index contributed by atoms with van der Waals surface area (Å²) in [5.41, 5.74) is 8.23. The van der Waals surface area contributed by atoms with Gasteiger partial charge >= 0.3 is 5.97 Å². The fraction of sp³-hybridized carbons (Fsp3) is 0.417. The SMILES string of the molecule is CCOC(=O)CC(Cc1cc(F)c(F)cc1F)N=[N+]=[N-]. The van der Waals surface area contributed by atoms with Gasteiger partial charge in [0.15, 0.2) is 11.6 Å². The number of esters is 1. The molecule has 0 aliphatic carbocycles. The molecule has 5 nitrogen and oxygen atoms in total. The highest BCUT2D eigenvalue weighted by atomic mass is 19.2. The highest BCUT2D eigenvalue weighted by molar-refractivity contribution is 5.70. The Morgan fingerprint density at radius 3 is 2.60 bits per heavy atom. The molecule has 8 heteroatoms. The minimum Gasteiger partial charge on any atom is -0.466 e. The Labute approximate surface area is 113 Å². The van der Waals surface area contributed by atoms with E-state index >= 15 is 0 Å². The predicted molar refractivity (Wildman–Crippen MR) is 64.2 cm³/mol. The molecule has 0 saturated carbocycles. The summed E-state index contributed by atoms with van der Waals surface area (Å²) in [4.78, 5) is 13.8. The Morgan fingerprint density at radius 2 is 2.00 bits per heavy atom. The molecule has 1 aromatic rings. The quantitative estimate of drug-likeness (QED) is 0.265. The largest absolute Gasteiger partial charge is 0.466 e. The molecule has 0 fully saturated rings. The molecule has 0 aliphatic heterocycles. The van der Waals surface area contributed by atoms with Crippen molar-refractivity contribution in [2.45, 2.75) is 25.8 Å². The number of benzene rings is 1. The first kappa shape index (κ1) is 15.8. The Kier molecular flexibility index (Phi) is 5.86. The number of carbonyl (C=O) groups is 1. The van der Waals surface area contributed by atoms with Crippen molar-refractivity contribution < 1.29 is 22.7 Å². The minimum atomic E-state index is -1.31. The van der Waals surface area contributed by atoms with E-state index in [0.29, 0.717) is 12.1 Å². The fourth-order valence-corrected chi connectivity index (χ4v) is 1.61. The van der Waals surface area contributed by atoms with Crippen LogP contribution < -0.4 is 0 Å². The Balaban J connectivity index is 2.88. The number of nitrogens with zero attached hydrogens (tertiary/aromatic N) is 3. The number of hydrogen-bond donors (Lipinski definition) is 0. The van der Waals surface area contributed by atoms with E-state index in [1.807, 2.05) is 0 Å². The summed E-state index contributed by atoms with van der Waals surface area (Å²) in [6.45, 7) is 1.76. The van der Waals surface area contributed by atoms with Crippen LogP contribution in [0.1, 0.15) is 18.9 Å². The Hall–Kier alpha value is -2.21. The van der Waals surface area contributed by atoms with Crippen molar-refractivity contribution in [3.63, 3.8) is 0 Å². The van der Waals surface area contributed by atoms with Gasteiger partial charge in [0, 0.05) is 11.0 Å². The molecule has 1 rings (SSSR count). The summed E-state index contributed by atoms with van der Waals surface area (Å²) in [5, 5.41) is 3.33. The monoisotopic (exact) mass is 287 g/mol. The zero-order valence-corrected chi connectivity index (χ0v) is 10.6. The summed E-state index contributed by atoms with van der Waals surface area (Å²) < 4.78 is 44.0. The minimum absolute atomic E-state index is 0.154. The lowest BCUT2D eigenvalue weighted by Crippen LogP contribution is -2.17. The van der Waals surface area contributed by atoms with Gasteiger partial charge in [0.2, 0.25) is 0 Å². The van der Waals surface area contributed by atoms with Gasteiger partial charge in [-0.05, 0) is 30.5 Å². The van der Waals surface area contributed by atoms with Crippen LogP contribution in [0.4, 0.5) is 13.2 Å². The molecule has 0 aliphatic rings. The van der Waals surface area contributed by atoms with Crippen LogP contribution in [0.3, 0.4) is 0 Å². The highest BCUT2D eigenvalue weighted by Gasteiger charge is 2.18. The first-order valence-electron chi connectivity index (χ1n) is 5.81. The van der Waals surface area contributed by atoms with Crippen molar-refractivity contribution in [3.8, 4) is 0 Å². The molecule has 1 aromatic carbocycles. The van der Waals surface area contributed by atoms with E-state index in [4.69, 9.17) is 5.53 Å². The molecular formula is C12H12F3N3O2. The Bertz CT molecular complexity index is 545. The van der Waals surface area contributed by atoms with Gasteiger partial charge in [-0.2, -0.15) is 0 Å². The van der Waals surface area contributed by atoms with Crippen LogP contribution in [0, 0.1) is 17.5 Å². The predicted octanol–water partition coefficient (Wildman–Crippen LogP) is 3.28.